The lowest BCUT2D eigenvalue weighted by Gasteiger charge is -2.55. The highest BCUT2D eigenvalue weighted by molar-refractivity contribution is 5.83. The SMILES string of the molecule is CC1(C)C2CC=C(/C=N/Nc3nc(N)c4ncn(C5O[C@H](CO)[C@@H](O)[C@H]5O)c4n3)C1C2. The summed E-state index contributed by atoms with van der Waals surface area (Å²) >= 11 is 0. The van der Waals surface area contributed by atoms with Crippen LogP contribution in [0.2, 0.25) is 0 Å². The Morgan fingerprint density at radius 2 is 2.16 bits per heavy atom. The molecular weight excluding hydrogens is 402 g/mol. The number of hydrogen-bond acceptors (Lipinski definition) is 10. The molecule has 1 saturated carbocycles. The van der Waals surface area contributed by atoms with Crippen molar-refractivity contribution in [3.8, 4) is 0 Å². The number of rotatable bonds is 5. The van der Waals surface area contributed by atoms with Gasteiger partial charge in [-0.25, -0.2) is 10.4 Å². The first-order chi connectivity index (χ1) is 14.8. The predicted molar refractivity (Wildman–Crippen MR) is 113 cm³/mol. The quantitative estimate of drug-likeness (QED) is 0.334. The molecular formula is C20H27N7O4. The number of aliphatic hydroxyl groups excluding tert-OH is 3. The van der Waals surface area contributed by atoms with Crippen LogP contribution in [0.3, 0.4) is 0 Å². The molecule has 166 valence electrons. The van der Waals surface area contributed by atoms with Crippen molar-refractivity contribution in [2.45, 2.75) is 51.2 Å². The van der Waals surface area contributed by atoms with Crippen molar-refractivity contribution >= 4 is 29.1 Å². The van der Waals surface area contributed by atoms with Crippen LogP contribution in [0.25, 0.3) is 11.2 Å². The van der Waals surface area contributed by atoms with Gasteiger partial charge in [-0.15, -0.1) is 0 Å². The summed E-state index contributed by atoms with van der Waals surface area (Å²) in [6, 6.07) is 0. The van der Waals surface area contributed by atoms with Crippen LogP contribution < -0.4 is 11.2 Å². The maximum absolute atomic E-state index is 10.3. The van der Waals surface area contributed by atoms with Crippen molar-refractivity contribution in [1.29, 1.82) is 0 Å². The number of ether oxygens (including phenoxy) is 1. The lowest BCUT2D eigenvalue weighted by molar-refractivity contribution is -0.0511. The third kappa shape index (κ3) is 3.11. The standard InChI is InChI=1S/C20H27N7O4/c1-20(2)10-4-3-9(11(20)5-10)6-23-26-19-24-16(21)13-17(25-19)27(8-22-13)18-15(30)14(29)12(7-28)31-18/h3,6,8,10-12,14-15,18,28-30H,4-5,7H2,1-2H3,(H3,21,24,25,26)/b23-6+/t10?,11?,12-,14-,15-,18?/m1/s1. The second kappa shape index (κ2) is 7.23. The van der Waals surface area contributed by atoms with E-state index in [1.807, 2.05) is 6.21 Å². The van der Waals surface area contributed by atoms with Crippen LogP contribution in [0.1, 0.15) is 32.9 Å². The molecule has 3 aliphatic carbocycles. The van der Waals surface area contributed by atoms with Gasteiger partial charge in [0.25, 0.3) is 0 Å². The highest BCUT2D eigenvalue weighted by Crippen LogP contribution is 2.58. The van der Waals surface area contributed by atoms with E-state index in [9.17, 15) is 15.3 Å². The van der Waals surface area contributed by atoms with E-state index in [-0.39, 0.29) is 11.8 Å². The largest absolute Gasteiger partial charge is 0.394 e. The summed E-state index contributed by atoms with van der Waals surface area (Å²) in [4.78, 5) is 12.8. The number of fused-ring (bicyclic) bond motifs is 2. The molecule has 3 heterocycles. The summed E-state index contributed by atoms with van der Waals surface area (Å²) in [5, 5.41) is 34.0. The Morgan fingerprint density at radius 3 is 2.84 bits per heavy atom. The second-order valence-electron chi connectivity index (χ2n) is 9.10. The molecule has 1 saturated heterocycles. The van der Waals surface area contributed by atoms with E-state index in [0.717, 1.165) is 12.3 Å². The van der Waals surface area contributed by atoms with Crippen LogP contribution in [0, 0.1) is 17.3 Å². The zero-order valence-corrected chi connectivity index (χ0v) is 17.4. The smallest absolute Gasteiger partial charge is 0.247 e. The average Bonchev–Trinajstić information content (AvgIpc) is 3.29. The molecule has 0 radical (unpaired) electrons. The van der Waals surface area contributed by atoms with Crippen LogP contribution >= 0.6 is 0 Å². The molecule has 2 aromatic rings. The number of nitrogens with zero attached hydrogens (tertiary/aromatic N) is 5. The molecule has 0 aromatic carbocycles. The second-order valence-corrected chi connectivity index (χ2v) is 9.10. The van der Waals surface area contributed by atoms with Gasteiger partial charge in [0, 0.05) is 0 Å². The molecule has 6 rings (SSSR count). The zero-order valence-electron chi connectivity index (χ0n) is 17.4. The van der Waals surface area contributed by atoms with Crippen molar-refractivity contribution in [2.75, 3.05) is 17.8 Å². The van der Waals surface area contributed by atoms with Gasteiger partial charge in [-0.3, -0.25) is 4.57 Å². The predicted octanol–water partition coefficient (Wildman–Crippen LogP) is 0.410. The summed E-state index contributed by atoms with van der Waals surface area (Å²) in [5.41, 5.74) is 11.0. The Kier molecular flexibility index (Phi) is 4.74. The summed E-state index contributed by atoms with van der Waals surface area (Å²) in [7, 11) is 0. The molecule has 4 aliphatic rings. The monoisotopic (exact) mass is 429 g/mol. The Balaban J connectivity index is 1.38. The number of anilines is 2. The molecule has 6 N–H and O–H groups in total. The van der Waals surface area contributed by atoms with E-state index in [0.29, 0.717) is 22.5 Å². The highest BCUT2D eigenvalue weighted by Gasteiger charge is 2.50. The number of imidazole rings is 1. The van der Waals surface area contributed by atoms with Gasteiger partial charge in [0.15, 0.2) is 17.7 Å². The van der Waals surface area contributed by atoms with Crippen LogP contribution in [0.15, 0.2) is 23.1 Å². The number of nitrogens with one attached hydrogen (secondary N) is 1. The van der Waals surface area contributed by atoms with Gasteiger partial charge in [-0.1, -0.05) is 19.9 Å². The van der Waals surface area contributed by atoms with E-state index >= 15 is 0 Å². The van der Waals surface area contributed by atoms with Gasteiger partial charge in [0.1, 0.15) is 23.8 Å². The lowest BCUT2D eigenvalue weighted by atomic mass is 9.49. The maximum Gasteiger partial charge on any atom is 0.247 e. The first-order valence-corrected chi connectivity index (χ1v) is 10.4. The molecule has 1 aliphatic heterocycles. The molecule has 2 fully saturated rings. The fraction of sp³-hybridized carbons (Fsp3) is 0.600. The minimum atomic E-state index is -1.26. The summed E-state index contributed by atoms with van der Waals surface area (Å²) in [6.07, 6.45) is 3.38. The Labute approximate surface area is 178 Å². The van der Waals surface area contributed by atoms with Crippen molar-refractivity contribution < 1.29 is 20.1 Å². The molecule has 0 amide bonds. The number of nitrogen functional groups attached to an aromatic ring is 1. The van der Waals surface area contributed by atoms with E-state index in [4.69, 9.17) is 10.5 Å². The summed E-state index contributed by atoms with van der Waals surface area (Å²) < 4.78 is 7.04. The van der Waals surface area contributed by atoms with Crippen LogP contribution in [0.4, 0.5) is 11.8 Å². The van der Waals surface area contributed by atoms with Crippen molar-refractivity contribution in [3.63, 3.8) is 0 Å². The van der Waals surface area contributed by atoms with Crippen LogP contribution in [0.5, 0.6) is 0 Å². The molecule has 31 heavy (non-hydrogen) atoms. The summed E-state index contributed by atoms with van der Waals surface area (Å²) in [5.74, 6) is 1.59. The topological polar surface area (TPSA) is 164 Å². The number of nitrogens with two attached hydrogens (primary N) is 1. The van der Waals surface area contributed by atoms with Crippen LogP contribution in [-0.2, 0) is 4.74 Å². The first kappa shape index (κ1) is 20.3. The first-order valence-electron chi connectivity index (χ1n) is 10.4. The zero-order chi connectivity index (χ0) is 21.9. The number of allylic oxidation sites excluding steroid dienone is 2. The van der Waals surface area contributed by atoms with Crippen molar-refractivity contribution in [3.05, 3.63) is 18.0 Å². The maximum atomic E-state index is 10.3. The number of aliphatic hydroxyl groups is 3. The number of hydrazone groups is 1. The van der Waals surface area contributed by atoms with Crippen molar-refractivity contribution in [1.82, 2.24) is 19.5 Å². The third-order valence-electron chi connectivity index (χ3n) is 7.13. The van der Waals surface area contributed by atoms with Gasteiger partial charge in [0.2, 0.25) is 5.95 Å². The number of aromatic nitrogens is 4. The number of hydrogen-bond donors (Lipinski definition) is 5. The minimum absolute atomic E-state index is 0.146. The normalized spacial score (nSPS) is 34.2. The molecule has 6 atom stereocenters. The lowest BCUT2D eigenvalue weighted by Crippen LogP contribution is -2.48. The van der Waals surface area contributed by atoms with Gasteiger partial charge < -0.3 is 25.8 Å². The molecule has 2 aromatic heterocycles. The van der Waals surface area contributed by atoms with E-state index in [1.165, 1.54) is 22.9 Å². The Hall–Kier alpha value is -2.60. The molecule has 2 bridgehead atoms. The van der Waals surface area contributed by atoms with E-state index in [2.05, 4.69) is 45.4 Å². The van der Waals surface area contributed by atoms with Crippen molar-refractivity contribution in [2.24, 2.45) is 22.4 Å². The highest BCUT2D eigenvalue weighted by atomic mass is 16.6. The van der Waals surface area contributed by atoms with Gasteiger partial charge in [-0.05, 0) is 35.7 Å². The van der Waals surface area contributed by atoms with E-state index in [1.54, 1.807) is 0 Å². The fourth-order valence-corrected chi connectivity index (χ4v) is 4.99. The van der Waals surface area contributed by atoms with Gasteiger partial charge in [0.05, 0.1) is 19.1 Å². The van der Waals surface area contributed by atoms with Gasteiger partial charge in [-0.2, -0.15) is 15.1 Å². The van der Waals surface area contributed by atoms with Gasteiger partial charge >= 0.3 is 0 Å². The Bertz CT molecular complexity index is 1070. The molecule has 11 nitrogen and oxygen atoms in total. The van der Waals surface area contributed by atoms with Crippen LogP contribution in [-0.4, -0.2) is 66.0 Å². The Morgan fingerprint density at radius 1 is 1.35 bits per heavy atom. The fourth-order valence-electron chi connectivity index (χ4n) is 4.99. The third-order valence-corrected chi connectivity index (χ3v) is 7.13. The molecule has 0 spiro atoms. The summed E-state index contributed by atoms with van der Waals surface area (Å²) in [6.45, 7) is 4.18. The molecule has 3 unspecified atom stereocenters. The average molecular weight is 429 g/mol. The minimum Gasteiger partial charge on any atom is -0.394 e. The molecule has 11 heteroatoms. The van der Waals surface area contributed by atoms with E-state index < -0.39 is 31.1 Å².